The standard InChI is InChI=1S/C53H32O/c1-2-8-40-38(7-1)31-49-39(10-5-12-44(40)49)32-15-17-33(18-16-32)41-27-25-36-23-24-37-26-28-42(47-30-29-46(41)51(36)52(37)47)34-19-21-35(22-20-34)43-11-6-13-48-45-9-3-4-14-50(45)54-53(43)48/h1-30H,31H2. The van der Waals surface area contributed by atoms with Crippen LogP contribution >= 0.6 is 0 Å². The zero-order valence-corrected chi connectivity index (χ0v) is 29.4. The molecule has 1 aromatic heterocycles. The molecular weight excluding hydrogens is 653 g/mol. The third kappa shape index (κ3) is 4.27. The van der Waals surface area contributed by atoms with Crippen LogP contribution in [0.25, 0.3) is 110 Å². The van der Waals surface area contributed by atoms with Crippen LogP contribution in [-0.4, -0.2) is 0 Å². The number of furan rings is 1. The average molecular weight is 685 g/mol. The zero-order valence-electron chi connectivity index (χ0n) is 29.4. The highest BCUT2D eigenvalue weighted by molar-refractivity contribution is 6.27. The van der Waals surface area contributed by atoms with Gasteiger partial charge in [0.15, 0.2) is 0 Å². The summed E-state index contributed by atoms with van der Waals surface area (Å²) in [4.78, 5) is 0. The molecule has 0 aliphatic heterocycles. The summed E-state index contributed by atoms with van der Waals surface area (Å²) in [5.41, 5.74) is 17.3. The molecule has 10 aromatic carbocycles. The fraction of sp³-hybridized carbons (Fsp3) is 0.0189. The van der Waals surface area contributed by atoms with E-state index in [1.165, 1.54) is 88.0 Å². The predicted molar refractivity (Wildman–Crippen MR) is 227 cm³/mol. The molecule has 0 fully saturated rings. The van der Waals surface area contributed by atoms with Crippen molar-refractivity contribution in [2.45, 2.75) is 6.42 Å². The molecule has 12 rings (SSSR count). The van der Waals surface area contributed by atoms with Gasteiger partial charge in [0.1, 0.15) is 11.2 Å². The number of rotatable bonds is 4. The van der Waals surface area contributed by atoms with Gasteiger partial charge in [-0.15, -0.1) is 0 Å². The molecule has 0 unspecified atom stereocenters. The van der Waals surface area contributed by atoms with Gasteiger partial charge in [-0.05, 0) is 106 Å². The first kappa shape index (κ1) is 29.6. The predicted octanol–water partition coefficient (Wildman–Crippen LogP) is 14.7. The smallest absolute Gasteiger partial charge is 0.143 e. The molecule has 0 amide bonds. The highest BCUT2D eigenvalue weighted by Gasteiger charge is 2.21. The lowest BCUT2D eigenvalue weighted by molar-refractivity contribution is 0.670. The number of hydrogen-bond acceptors (Lipinski definition) is 1. The molecule has 0 spiro atoms. The molecule has 54 heavy (non-hydrogen) atoms. The van der Waals surface area contributed by atoms with E-state index in [1.807, 2.05) is 12.1 Å². The molecular formula is C53H32O. The minimum Gasteiger partial charge on any atom is -0.455 e. The number of hydrogen-bond donors (Lipinski definition) is 0. The molecule has 0 saturated heterocycles. The van der Waals surface area contributed by atoms with Gasteiger partial charge in [0.2, 0.25) is 0 Å². The van der Waals surface area contributed by atoms with Crippen molar-refractivity contribution in [3.05, 3.63) is 193 Å². The fourth-order valence-electron chi connectivity index (χ4n) is 9.37. The van der Waals surface area contributed by atoms with Gasteiger partial charge in [0.05, 0.1) is 0 Å². The van der Waals surface area contributed by atoms with E-state index >= 15 is 0 Å². The van der Waals surface area contributed by atoms with Crippen LogP contribution in [0.1, 0.15) is 11.1 Å². The molecule has 0 saturated carbocycles. The summed E-state index contributed by atoms with van der Waals surface area (Å²) in [6, 6.07) is 66.9. The Hall–Kier alpha value is -6.96. The monoisotopic (exact) mass is 684 g/mol. The van der Waals surface area contributed by atoms with E-state index in [9.17, 15) is 0 Å². The molecule has 1 heteroatoms. The largest absolute Gasteiger partial charge is 0.455 e. The molecule has 1 nitrogen and oxygen atoms in total. The van der Waals surface area contributed by atoms with E-state index < -0.39 is 0 Å². The Labute approximate surface area is 312 Å². The van der Waals surface area contributed by atoms with Crippen LogP contribution in [-0.2, 0) is 6.42 Å². The summed E-state index contributed by atoms with van der Waals surface area (Å²) in [5, 5.41) is 10.1. The highest BCUT2D eigenvalue weighted by Crippen LogP contribution is 2.45. The van der Waals surface area contributed by atoms with Crippen LogP contribution in [0.15, 0.2) is 186 Å². The Kier molecular flexibility index (Phi) is 6.18. The third-order valence-corrected chi connectivity index (χ3v) is 11.9. The summed E-state index contributed by atoms with van der Waals surface area (Å²) in [5.74, 6) is 0. The third-order valence-electron chi connectivity index (χ3n) is 11.9. The SMILES string of the molecule is c1ccc2c(c1)Cc1c(-c3ccc(-c4ccc5ccc6ccc(-c7ccc(-c8cccc9c8oc8ccccc89)cc7)c7ccc4c5c67)cc3)cccc1-2. The second-order valence-corrected chi connectivity index (χ2v) is 14.7. The maximum Gasteiger partial charge on any atom is 0.143 e. The summed E-state index contributed by atoms with van der Waals surface area (Å²) in [7, 11) is 0. The molecule has 1 heterocycles. The molecule has 11 aromatic rings. The molecule has 1 aliphatic rings. The second-order valence-electron chi connectivity index (χ2n) is 14.7. The maximum atomic E-state index is 6.37. The van der Waals surface area contributed by atoms with Crippen molar-refractivity contribution in [2.75, 3.05) is 0 Å². The van der Waals surface area contributed by atoms with Gasteiger partial charge in [0, 0.05) is 16.3 Å². The van der Waals surface area contributed by atoms with Crippen molar-refractivity contribution >= 4 is 54.3 Å². The van der Waals surface area contributed by atoms with E-state index in [2.05, 4.69) is 170 Å². The van der Waals surface area contributed by atoms with Gasteiger partial charge in [0.25, 0.3) is 0 Å². The summed E-state index contributed by atoms with van der Waals surface area (Å²) >= 11 is 0. The Morgan fingerprint density at radius 1 is 0.315 bits per heavy atom. The molecule has 0 radical (unpaired) electrons. The van der Waals surface area contributed by atoms with Gasteiger partial charge in [-0.3, -0.25) is 0 Å². The lowest BCUT2D eigenvalue weighted by Gasteiger charge is -2.17. The first-order chi connectivity index (χ1) is 26.8. The van der Waals surface area contributed by atoms with Crippen molar-refractivity contribution in [3.8, 4) is 55.6 Å². The normalized spacial score (nSPS) is 12.4. The van der Waals surface area contributed by atoms with E-state index in [0.717, 1.165) is 39.5 Å². The van der Waals surface area contributed by atoms with E-state index in [0.29, 0.717) is 0 Å². The fourth-order valence-corrected chi connectivity index (χ4v) is 9.37. The quantitative estimate of drug-likeness (QED) is 0.168. The van der Waals surface area contributed by atoms with Crippen LogP contribution < -0.4 is 0 Å². The van der Waals surface area contributed by atoms with Crippen molar-refractivity contribution in [1.82, 2.24) is 0 Å². The van der Waals surface area contributed by atoms with Crippen LogP contribution in [0.5, 0.6) is 0 Å². The van der Waals surface area contributed by atoms with E-state index in [4.69, 9.17) is 4.42 Å². The number of para-hydroxylation sites is 2. The summed E-state index contributed by atoms with van der Waals surface area (Å²) < 4.78 is 6.37. The van der Waals surface area contributed by atoms with Gasteiger partial charge in [-0.2, -0.15) is 0 Å². The van der Waals surface area contributed by atoms with Crippen LogP contribution in [0.2, 0.25) is 0 Å². The van der Waals surface area contributed by atoms with Gasteiger partial charge in [-0.1, -0.05) is 176 Å². The van der Waals surface area contributed by atoms with Gasteiger partial charge in [-0.25, -0.2) is 0 Å². The lowest BCUT2D eigenvalue weighted by Crippen LogP contribution is -1.90. The topological polar surface area (TPSA) is 13.1 Å². The number of fused-ring (bicyclic) bond motifs is 6. The first-order valence-corrected chi connectivity index (χ1v) is 18.8. The van der Waals surface area contributed by atoms with Crippen molar-refractivity contribution < 1.29 is 4.42 Å². The number of benzene rings is 10. The highest BCUT2D eigenvalue weighted by atomic mass is 16.3. The van der Waals surface area contributed by atoms with Gasteiger partial charge < -0.3 is 4.42 Å². The minimum absolute atomic E-state index is 0.923. The van der Waals surface area contributed by atoms with Crippen molar-refractivity contribution in [3.63, 3.8) is 0 Å². The van der Waals surface area contributed by atoms with Gasteiger partial charge >= 0.3 is 0 Å². The Morgan fingerprint density at radius 3 is 1.52 bits per heavy atom. The van der Waals surface area contributed by atoms with Crippen LogP contribution in [0.4, 0.5) is 0 Å². The van der Waals surface area contributed by atoms with E-state index in [-0.39, 0.29) is 0 Å². The second kappa shape index (κ2) is 11.3. The first-order valence-electron chi connectivity index (χ1n) is 18.8. The Balaban J connectivity index is 0.936. The molecule has 0 bridgehead atoms. The van der Waals surface area contributed by atoms with Crippen molar-refractivity contribution in [2.24, 2.45) is 0 Å². The van der Waals surface area contributed by atoms with Crippen molar-refractivity contribution in [1.29, 1.82) is 0 Å². The Morgan fingerprint density at radius 2 is 0.815 bits per heavy atom. The van der Waals surface area contributed by atoms with Crippen LogP contribution in [0, 0.1) is 0 Å². The minimum atomic E-state index is 0.923. The molecule has 0 N–H and O–H groups in total. The van der Waals surface area contributed by atoms with Crippen LogP contribution in [0.3, 0.4) is 0 Å². The lowest BCUT2D eigenvalue weighted by atomic mass is 9.86. The average Bonchev–Trinajstić information content (AvgIpc) is 3.82. The Bertz CT molecular complexity index is 3270. The molecule has 250 valence electrons. The molecule has 0 atom stereocenters. The summed E-state index contributed by atoms with van der Waals surface area (Å²) in [6.45, 7) is 0. The molecule has 1 aliphatic carbocycles. The zero-order chi connectivity index (χ0) is 35.3. The maximum absolute atomic E-state index is 6.37. The van der Waals surface area contributed by atoms with E-state index in [1.54, 1.807) is 0 Å². The summed E-state index contributed by atoms with van der Waals surface area (Å²) in [6.07, 6.45) is 0.990.